The normalized spacial score (nSPS) is 19.7. The van der Waals surface area contributed by atoms with Crippen molar-refractivity contribution < 1.29 is 17.9 Å². The van der Waals surface area contributed by atoms with Crippen molar-refractivity contribution in [3.05, 3.63) is 23.4 Å². The molecule has 0 unspecified atom stereocenters. The third-order valence-electron chi connectivity index (χ3n) is 5.18. The third-order valence-corrected chi connectivity index (χ3v) is 7.66. The SMILES string of the molecule is O=C(CCS(=O)(=O)C1CCCC1)OC1CCN(c2ccc(Cl)cn2)CC1. The number of piperidine rings is 1. The summed E-state index contributed by atoms with van der Waals surface area (Å²) in [5.74, 6) is 0.362. The van der Waals surface area contributed by atoms with Crippen LogP contribution in [0.15, 0.2) is 18.3 Å². The molecule has 2 aliphatic rings. The average molecular weight is 401 g/mol. The van der Waals surface area contributed by atoms with Gasteiger partial charge >= 0.3 is 5.97 Å². The standard InChI is InChI=1S/C18H25ClN2O4S/c19-14-5-6-17(20-13-14)21-10-7-15(8-11-21)25-18(22)9-12-26(23,24)16-3-1-2-4-16/h5-6,13,15-16H,1-4,7-12H2. The average Bonchev–Trinajstić information content (AvgIpc) is 3.17. The number of halogens is 1. The molecule has 26 heavy (non-hydrogen) atoms. The number of hydrogen-bond donors (Lipinski definition) is 0. The molecule has 1 aliphatic heterocycles. The molecule has 2 fully saturated rings. The molecular formula is C18H25ClN2O4S. The van der Waals surface area contributed by atoms with Gasteiger partial charge in [-0.25, -0.2) is 13.4 Å². The fourth-order valence-electron chi connectivity index (χ4n) is 3.64. The Kier molecular flexibility index (Phi) is 6.40. The Balaban J connectivity index is 1.41. The first-order valence-electron chi connectivity index (χ1n) is 9.21. The van der Waals surface area contributed by atoms with Crippen LogP contribution in [0.25, 0.3) is 0 Å². The lowest BCUT2D eigenvalue weighted by Crippen LogP contribution is -2.38. The number of rotatable bonds is 6. The van der Waals surface area contributed by atoms with E-state index in [0.29, 0.717) is 17.9 Å². The van der Waals surface area contributed by atoms with E-state index in [1.807, 2.05) is 6.07 Å². The number of hydrogen-bond acceptors (Lipinski definition) is 6. The number of carbonyl (C=O) groups excluding carboxylic acids is 1. The molecule has 1 aromatic rings. The van der Waals surface area contributed by atoms with Crippen LogP contribution < -0.4 is 4.90 Å². The molecule has 0 amide bonds. The lowest BCUT2D eigenvalue weighted by atomic mass is 10.1. The smallest absolute Gasteiger partial charge is 0.307 e. The lowest BCUT2D eigenvalue weighted by molar-refractivity contribution is -0.149. The minimum Gasteiger partial charge on any atom is -0.462 e. The second kappa shape index (κ2) is 8.57. The van der Waals surface area contributed by atoms with Crippen molar-refractivity contribution in [2.75, 3.05) is 23.7 Å². The van der Waals surface area contributed by atoms with E-state index < -0.39 is 15.8 Å². The van der Waals surface area contributed by atoms with Crippen LogP contribution in [0.5, 0.6) is 0 Å². The van der Waals surface area contributed by atoms with Gasteiger partial charge in [0, 0.05) is 32.1 Å². The van der Waals surface area contributed by atoms with Gasteiger partial charge in [0.15, 0.2) is 9.84 Å². The maximum absolute atomic E-state index is 12.2. The summed E-state index contributed by atoms with van der Waals surface area (Å²) in [5.41, 5.74) is 0. The van der Waals surface area contributed by atoms with Gasteiger partial charge in [-0.15, -0.1) is 0 Å². The van der Waals surface area contributed by atoms with Gasteiger partial charge in [0.25, 0.3) is 0 Å². The first-order chi connectivity index (χ1) is 12.4. The van der Waals surface area contributed by atoms with Crippen molar-refractivity contribution in [1.82, 2.24) is 4.98 Å². The first kappa shape index (κ1) is 19.4. The topological polar surface area (TPSA) is 76.6 Å². The van der Waals surface area contributed by atoms with Gasteiger partial charge in [0.1, 0.15) is 11.9 Å². The Labute approximate surface area is 159 Å². The fourth-order valence-corrected chi connectivity index (χ4v) is 5.59. The summed E-state index contributed by atoms with van der Waals surface area (Å²) >= 11 is 5.85. The Morgan fingerprint density at radius 2 is 1.88 bits per heavy atom. The summed E-state index contributed by atoms with van der Waals surface area (Å²) in [4.78, 5) is 18.5. The van der Waals surface area contributed by atoms with E-state index in [2.05, 4.69) is 9.88 Å². The van der Waals surface area contributed by atoms with Gasteiger partial charge in [-0.2, -0.15) is 0 Å². The van der Waals surface area contributed by atoms with Gasteiger partial charge in [0.2, 0.25) is 0 Å². The highest BCUT2D eigenvalue weighted by Crippen LogP contribution is 2.26. The van der Waals surface area contributed by atoms with Crippen molar-refractivity contribution in [3.8, 4) is 0 Å². The van der Waals surface area contributed by atoms with Gasteiger partial charge in [-0.3, -0.25) is 4.79 Å². The van der Waals surface area contributed by atoms with Crippen molar-refractivity contribution >= 4 is 33.2 Å². The number of anilines is 1. The predicted molar refractivity (Wildman–Crippen MR) is 101 cm³/mol. The molecule has 1 aliphatic carbocycles. The summed E-state index contributed by atoms with van der Waals surface area (Å²) in [6, 6.07) is 3.68. The molecule has 144 valence electrons. The van der Waals surface area contributed by atoms with E-state index in [9.17, 15) is 13.2 Å². The van der Waals surface area contributed by atoms with Crippen molar-refractivity contribution in [2.24, 2.45) is 0 Å². The molecule has 2 heterocycles. The molecule has 8 heteroatoms. The highest BCUT2D eigenvalue weighted by molar-refractivity contribution is 7.92. The van der Waals surface area contributed by atoms with Crippen molar-refractivity contribution in [3.63, 3.8) is 0 Å². The maximum atomic E-state index is 12.2. The Morgan fingerprint density at radius 3 is 2.50 bits per heavy atom. The van der Waals surface area contributed by atoms with E-state index in [0.717, 1.165) is 44.6 Å². The molecule has 0 atom stereocenters. The second-order valence-electron chi connectivity index (χ2n) is 7.03. The molecule has 6 nitrogen and oxygen atoms in total. The molecule has 0 radical (unpaired) electrons. The summed E-state index contributed by atoms with van der Waals surface area (Å²) < 4.78 is 29.9. The largest absolute Gasteiger partial charge is 0.462 e. The molecule has 1 saturated heterocycles. The molecule has 0 N–H and O–H groups in total. The summed E-state index contributed by atoms with van der Waals surface area (Å²) in [7, 11) is -3.17. The number of aromatic nitrogens is 1. The molecule has 1 aromatic heterocycles. The minimum atomic E-state index is -3.17. The number of nitrogens with zero attached hydrogens (tertiary/aromatic N) is 2. The van der Waals surface area contributed by atoms with Crippen LogP contribution in [-0.2, 0) is 19.4 Å². The quantitative estimate of drug-likeness (QED) is 0.683. The van der Waals surface area contributed by atoms with Gasteiger partial charge in [0.05, 0.1) is 22.4 Å². The Morgan fingerprint density at radius 1 is 1.19 bits per heavy atom. The van der Waals surface area contributed by atoms with Crippen LogP contribution in [-0.4, -0.2) is 49.6 Å². The van der Waals surface area contributed by atoms with E-state index in [-0.39, 0.29) is 23.5 Å². The van der Waals surface area contributed by atoms with E-state index in [1.165, 1.54) is 0 Å². The maximum Gasteiger partial charge on any atom is 0.307 e. The zero-order chi connectivity index (χ0) is 18.6. The van der Waals surface area contributed by atoms with Crippen LogP contribution in [0.2, 0.25) is 5.02 Å². The third kappa shape index (κ3) is 5.10. The molecule has 0 spiro atoms. The molecular weight excluding hydrogens is 376 g/mol. The summed E-state index contributed by atoms with van der Waals surface area (Å²) in [6.07, 6.45) is 6.25. The van der Waals surface area contributed by atoms with Crippen LogP contribution in [0.1, 0.15) is 44.9 Å². The Hall–Kier alpha value is -1.34. The first-order valence-corrected chi connectivity index (χ1v) is 11.3. The van der Waals surface area contributed by atoms with E-state index in [4.69, 9.17) is 16.3 Å². The minimum absolute atomic E-state index is 0.0439. The Bertz CT molecular complexity index is 709. The van der Waals surface area contributed by atoms with Crippen LogP contribution >= 0.6 is 11.6 Å². The van der Waals surface area contributed by atoms with Gasteiger partial charge in [-0.1, -0.05) is 24.4 Å². The van der Waals surface area contributed by atoms with E-state index in [1.54, 1.807) is 12.3 Å². The van der Waals surface area contributed by atoms with Crippen LogP contribution in [0, 0.1) is 0 Å². The molecule has 3 rings (SSSR count). The highest BCUT2D eigenvalue weighted by Gasteiger charge is 2.30. The number of sulfone groups is 1. The van der Waals surface area contributed by atoms with E-state index >= 15 is 0 Å². The summed E-state index contributed by atoms with van der Waals surface area (Å²) in [6.45, 7) is 1.49. The fraction of sp³-hybridized carbons (Fsp3) is 0.667. The zero-order valence-electron chi connectivity index (χ0n) is 14.8. The zero-order valence-corrected chi connectivity index (χ0v) is 16.3. The number of pyridine rings is 1. The molecule has 1 saturated carbocycles. The van der Waals surface area contributed by atoms with Crippen molar-refractivity contribution in [2.45, 2.75) is 56.3 Å². The van der Waals surface area contributed by atoms with Crippen LogP contribution in [0.4, 0.5) is 5.82 Å². The second-order valence-corrected chi connectivity index (χ2v) is 9.87. The number of ether oxygens (including phenoxy) is 1. The highest BCUT2D eigenvalue weighted by atomic mass is 35.5. The van der Waals surface area contributed by atoms with Gasteiger partial charge in [-0.05, 0) is 25.0 Å². The lowest BCUT2D eigenvalue weighted by Gasteiger charge is -2.32. The summed E-state index contributed by atoms with van der Waals surface area (Å²) in [5, 5.41) is 0.343. The van der Waals surface area contributed by atoms with Crippen LogP contribution in [0.3, 0.4) is 0 Å². The number of esters is 1. The van der Waals surface area contributed by atoms with Gasteiger partial charge < -0.3 is 9.64 Å². The number of carbonyl (C=O) groups is 1. The molecule has 0 aromatic carbocycles. The molecule has 0 bridgehead atoms. The monoisotopic (exact) mass is 400 g/mol. The van der Waals surface area contributed by atoms with Crippen molar-refractivity contribution in [1.29, 1.82) is 0 Å². The predicted octanol–water partition coefficient (Wildman–Crippen LogP) is 2.99.